The fourth-order valence-corrected chi connectivity index (χ4v) is 4.06. The van der Waals surface area contributed by atoms with E-state index in [0.29, 0.717) is 29.2 Å². The van der Waals surface area contributed by atoms with Crippen LogP contribution in [0.3, 0.4) is 0 Å². The molecule has 208 valence electrons. The van der Waals surface area contributed by atoms with Gasteiger partial charge in [-0.25, -0.2) is 0 Å². The molecule has 39 heavy (non-hydrogen) atoms. The van der Waals surface area contributed by atoms with Crippen LogP contribution < -0.4 is 20.3 Å². The van der Waals surface area contributed by atoms with Crippen molar-refractivity contribution in [3.63, 3.8) is 0 Å². The first-order chi connectivity index (χ1) is 18.4. The zero-order chi connectivity index (χ0) is 28.7. The first-order valence-corrected chi connectivity index (χ1v) is 13.0. The van der Waals surface area contributed by atoms with Gasteiger partial charge in [0.2, 0.25) is 17.7 Å². The fraction of sp³-hybridized carbons (Fsp3) is 0.400. The molecular weight excluding hydrogens is 496 g/mol. The topological polar surface area (TPSA) is 114 Å². The molecule has 3 rings (SSSR count). The third-order valence-corrected chi connectivity index (χ3v) is 6.64. The van der Waals surface area contributed by atoms with Gasteiger partial charge in [-0.3, -0.25) is 19.3 Å². The van der Waals surface area contributed by atoms with Crippen LogP contribution in [0.15, 0.2) is 53.1 Å². The van der Waals surface area contributed by atoms with E-state index >= 15 is 0 Å². The normalized spacial score (nSPS) is 12.0. The van der Waals surface area contributed by atoms with E-state index in [1.54, 1.807) is 44.4 Å². The number of methoxy groups -OCH3 is 1. The van der Waals surface area contributed by atoms with Crippen molar-refractivity contribution in [1.29, 1.82) is 0 Å². The van der Waals surface area contributed by atoms with Gasteiger partial charge in [0.15, 0.2) is 5.82 Å². The largest absolute Gasteiger partial charge is 0.497 e. The van der Waals surface area contributed by atoms with Gasteiger partial charge in [-0.2, -0.15) is 0 Å². The van der Waals surface area contributed by atoms with Gasteiger partial charge in [-0.15, -0.1) is 0 Å². The molecule has 0 fully saturated rings. The predicted octanol–water partition coefficient (Wildman–Crippen LogP) is 5.41. The summed E-state index contributed by atoms with van der Waals surface area (Å²) in [4.78, 5) is 42.0. The average molecular weight is 535 g/mol. The smallest absolute Gasteiger partial charge is 0.248 e. The SMILES string of the molecule is CCC(C)(C)NC(=O)C(c1ccc(OC)cc1)N(C(=O)CCC(=O)Nc1cc(C)on1)c1cc(C)ccc1C. The van der Waals surface area contributed by atoms with E-state index < -0.39 is 11.6 Å². The number of nitrogens with one attached hydrogen (secondary N) is 2. The highest BCUT2D eigenvalue weighted by atomic mass is 16.5. The van der Waals surface area contributed by atoms with Gasteiger partial charge in [-0.05, 0) is 75.9 Å². The molecule has 0 aliphatic heterocycles. The molecule has 0 spiro atoms. The third kappa shape index (κ3) is 7.69. The van der Waals surface area contributed by atoms with Crippen molar-refractivity contribution in [2.75, 3.05) is 17.3 Å². The Hall–Kier alpha value is -4.14. The Labute approximate surface area is 229 Å². The van der Waals surface area contributed by atoms with Crippen molar-refractivity contribution in [3.05, 3.63) is 71.0 Å². The molecule has 0 radical (unpaired) electrons. The Morgan fingerprint density at radius 2 is 1.72 bits per heavy atom. The molecule has 2 aromatic carbocycles. The van der Waals surface area contributed by atoms with Crippen LogP contribution in [0.1, 0.15) is 68.5 Å². The number of anilines is 2. The molecule has 1 unspecified atom stereocenters. The maximum absolute atomic E-state index is 14.0. The van der Waals surface area contributed by atoms with Crippen LogP contribution in [0.5, 0.6) is 5.75 Å². The molecule has 3 amide bonds. The minimum atomic E-state index is -0.976. The molecule has 3 aromatic rings. The van der Waals surface area contributed by atoms with Crippen molar-refractivity contribution in [1.82, 2.24) is 10.5 Å². The van der Waals surface area contributed by atoms with Gasteiger partial charge in [0.1, 0.15) is 17.6 Å². The molecule has 1 heterocycles. The lowest BCUT2D eigenvalue weighted by atomic mass is 9.97. The van der Waals surface area contributed by atoms with E-state index in [0.717, 1.165) is 11.1 Å². The van der Waals surface area contributed by atoms with Crippen molar-refractivity contribution >= 4 is 29.2 Å². The monoisotopic (exact) mass is 534 g/mol. The van der Waals surface area contributed by atoms with E-state index in [4.69, 9.17) is 9.26 Å². The van der Waals surface area contributed by atoms with Gasteiger partial charge < -0.3 is 19.9 Å². The highest BCUT2D eigenvalue weighted by Gasteiger charge is 2.35. The second-order valence-electron chi connectivity index (χ2n) is 10.3. The van der Waals surface area contributed by atoms with Gasteiger partial charge in [0.25, 0.3) is 0 Å². The fourth-order valence-electron chi connectivity index (χ4n) is 4.06. The Kier molecular flexibility index (Phi) is 9.51. The second kappa shape index (κ2) is 12.6. The summed E-state index contributed by atoms with van der Waals surface area (Å²) >= 11 is 0. The van der Waals surface area contributed by atoms with Crippen molar-refractivity contribution < 1.29 is 23.6 Å². The van der Waals surface area contributed by atoms with E-state index in [9.17, 15) is 14.4 Å². The standard InChI is InChI=1S/C30H38N4O5/c1-8-30(5,6)32-29(37)28(22-11-13-23(38-7)14-12-22)34(24-17-19(2)9-10-20(24)3)27(36)16-15-26(35)31-25-18-21(4)39-33-25/h9-14,17-18,28H,8,15-16H2,1-7H3,(H,32,37)(H,31,33,35). The summed E-state index contributed by atoms with van der Waals surface area (Å²) in [6.07, 6.45) is 0.490. The molecular formula is C30H38N4O5. The number of ether oxygens (including phenoxy) is 1. The maximum atomic E-state index is 14.0. The molecule has 1 aromatic heterocycles. The van der Waals surface area contributed by atoms with E-state index in [1.807, 2.05) is 52.8 Å². The number of hydrogen-bond donors (Lipinski definition) is 2. The molecule has 0 bridgehead atoms. The Morgan fingerprint density at radius 3 is 2.31 bits per heavy atom. The van der Waals surface area contributed by atoms with Crippen LogP contribution in [-0.4, -0.2) is 35.5 Å². The van der Waals surface area contributed by atoms with Gasteiger partial charge in [-0.1, -0.05) is 36.3 Å². The Bertz CT molecular complexity index is 1310. The Balaban J connectivity index is 2.02. The molecule has 0 aliphatic carbocycles. The molecule has 9 heteroatoms. The first-order valence-electron chi connectivity index (χ1n) is 13.0. The van der Waals surface area contributed by atoms with Crippen LogP contribution >= 0.6 is 0 Å². The van der Waals surface area contributed by atoms with Gasteiger partial charge >= 0.3 is 0 Å². The number of benzene rings is 2. The van der Waals surface area contributed by atoms with Crippen LogP contribution in [0, 0.1) is 20.8 Å². The number of carbonyl (C=O) groups is 3. The Morgan fingerprint density at radius 1 is 1.03 bits per heavy atom. The lowest BCUT2D eigenvalue weighted by Gasteiger charge is -2.35. The third-order valence-electron chi connectivity index (χ3n) is 6.64. The molecule has 1 atom stereocenters. The summed E-state index contributed by atoms with van der Waals surface area (Å²) < 4.78 is 10.3. The number of amides is 3. The zero-order valence-corrected chi connectivity index (χ0v) is 23.8. The van der Waals surface area contributed by atoms with E-state index in [1.165, 1.54) is 4.90 Å². The summed E-state index contributed by atoms with van der Waals surface area (Å²) in [6, 6.07) is 13.5. The summed E-state index contributed by atoms with van der Waals surface area (Å²) in [5.74, 6) is 0.426. The molecule has 9 nitrogen and oxygen atoms in total. The lowest BCUT2D eigenvalue weighted by molar-refractivity contribution is -0.128. The number of aromatic nitrogens is 1. The van der Waals surface area contributed by atoms with Gasteiger partial charge in [0, 0.05) is 30.1 Å². The zero-order valence-electron chi connectivity index (χ0n) is 23.8. The van der Waals surface area contributed by atoms with E-state index in [-0.39, 0.29) is 36.4 Å². The van der Waals surface area contributed by atoms with Crippen LogP contribution in [0.2, 0.25) is 0 Å². The van der Waals surface area contributed by atoms with Crippen molar-refractivity contribution in [3.8, 4) is 5.75 Å². The number of rotatable bonds is 11. The molecule has 2 N–H and O–H groups in total. The highest BCUT2D eigenvalue weighted by molar-refractivity contribution is 6.03. The number of hydrogen-bond acceptors (Lipinski definition) is 6. The summed E-state index contributed by atoms with van der Waals surface area (Å²) in [6.45, 7) is 11.4. The van der Waals surface area contributed by atoms with Crippen LogP contribution in [0.4, 0.5) is 11.5 Å². The van der Waals surface area contributed by atoms with Crippen LogP contribution in [0.25, 0.3) is 0 Å². The first kappa shape index (κ1) is 29.4. The molecule has 0 saturated carbocycles. The summed E-state index contributed by atoms with van der Waals surface area (Å²) in [5.41, 5.74) is 2.51. The quantitative estimate of drug-likeness (QED) is 0.340. The maximum Gasteiger partial charge on any atom is 0.248 e. The molecule has 0 aliphatic rings. The number of aryl methyl sites for hydroxylation is 3. The minimum absolute atomic E-state index is 0.0937. The van der Waals surface area contributed by atoms with Crippen molar-refractivity contribution in [2.45, 2.75) is 72.4 Å². The lowest BCUT2D eigenvalue weighted by Crippen LogP contribution is -2.50. The number of carbonyl (C=O) groups excluding carboxylic acids is 3. The highest BCUT2D eigenvalue weighted by Crippen LogP contribution is 2.33. The predicted molar refractivity (Wildman–Crippen MR) is 151 cm³/mol. The molecule has 0 saturated heterocycles. The summed E-state index contributed by atoms with van der Waals surface area (Å²) in [7, 11) is 1.57. The van der Waals surface area contributed by atoms with Crippen molar-refractivity contribution in [2.24, 2.45) is 0 Å². The summed E-state index contributed by atoms with van der Waals surface area (Å²) in [5, 5.41) is 9.52. The van der Waals surface area contributed by atoms with E-state index in [2.05, 4.69) is 15.8 Å². The number of nitrogens with zero attached hydrogens (tertiary/aromatic N) is 2. The van der Waals surface area contributed by atoms with Crippen LogP contribution in [-0.2, 0) is 14.4 Å². The second-order valence-corrected chi connectivity index (χ2v) is 10.3. The average Bonchev–Trinajstić information content (AvgIpc) is 3.31. The van der Waals surface area contributed by atoms with Gasteiger partial charge in [0.05, 0.1) is 7.11 Å². The minimum Gasteiger partial charge on any atom is -0.497 e.